The molecule has 160 valence electrons. The highest BCUT2D eigenvalue weighted by Crippen LogP contribution is 2.22. The van der Waals surface area contributed by atoms with Crippen LogP contribution in [0.5, 0.6) is 0 Å². The minimum atomic E-state index is -0.131. The van der Waals surface area contributed by atoms with Crippen LogP contribution >= 0.6 is 0 Å². The van der Waals surface area contributed by atoms with Gasteiger partial charge in [0.05, 0.1) is 12.5 Å². The minimum Gasteiger partial charge on any atom is -0.338 e. The predicted molar refractivity (Wildman–Crippen MR) is 118 cm³/mol. The van der Waals surface area contributed by atoms with Crippen LogP contribution < -0.4 is 5.32 Å². The molecule has 1 unspecified atom stereocenters. The summed E-state index contributed by atoms with van der Waals surface area (Å²) in [7, 11) is 0. The van der Waals surface area contributed by atoms with Crippen LogP contribution in [0.1, 0.15) is 41.6 Å². The largest absolute Gasteiger partial charge is 0.338 e. The Kier molecular flexibility index (Phi) is 6.23. The number of benzene rings is 2. The molecule has 1 fully saturated rings. The summed E-state index contributed by atoms with van der Waals surface area (Å²) in [5.41, 5.74) is 3.31. The van der Waals surface area contributed by atoms with Gasteiger partial charge in [0.1, 0.15) is 0 Å². The zero-order chi connectivity index (χ0) is 21.8. The van der Waals surface area contributed by atoms with Crippen LogP contribution in [-0.2, 0) is 11.3 Å². The Bertz CT molecular complexity index is 1090. The first kappa shape index (κ1) is 20.9. The van der Waals surface area contributed by atoms with E-state index in [1.54, 1.807) is 24.3 Å². The average molecular weight is 418 g/mol. The Morgan fingerprint density at radius 3 is 2.84 bits per heavy atom. The smallest absolute Gasteiger partial charge is 0.241 e. The molecule has 1 saturated heterocycles. The van der Waals surface area contributed by atoms with Crippen LogP contribution in [0.3, 0.4) is 0 Å². The number of Topliss-reactive ketones (excluding diaryl/α,β-unsaturated/α-hetero) is 1. The van der Waals surface area contributed by atoms with Crippen molar-refractivity contribution in [1.29, 1.82) is 0 Å². The van der Waals surface area contributed by atoms with Gasteiger partial charge in [0.25, 0.3) is 0 Å². The first-order chi connectivity index (χ1) is 15.0. The van der Waals surface area contributed by atoms with E-state index in [0.29, 0.717) is 36.1 Å². The normalized spacial score (nSPS) is 16.8. The maximum atomic E-state index is 12.8. The average Bonchev–Trinajstić information content (AvgIpc) is 3.22. The summed E-state index contributed by atoms with van der Waals surface area (Å²) in [5, 5.41) is 7.06. The van der Waals surface area contributed by atoms with E-state index >= 15 is 0 Å². The Hall–Kier alpha value is -3.32. The highest BCUT2D eigenvalue weighted by Gasteiger charge is 2.27. The van der Waals surface area contributed by atoms with Gasteiger partial charge in [-0.1, -0.05) is 41.1 Å². The highest BCUT2D eigenvalue weighted by molar-refractivity contribution is 5.97. The first-order valence-corrected chi connectivity index (χ1v) is 10.5. The molecule has 2 heterocycles. The van der Waals surface area contributed by atoms with Crippen LogP contribution in [0, 0.1) is 12.8 Å². The maximum absolute atomic E-state index is 12.8. The van der Waals surface area contributed by atoms with E-state index in [2.05, 4.69) is 20.4 Å². The molecule has 1 amide bonds. The Morgan fingerprint density at radius 1 is 1.19 bits per heavy atom. The fourth-order valence-corrected chi connectivity index (χ4v) is 3.89. The number of hydrogen-bond donors (Lipinski definition) is 1. The van der Waals surface area contributed by atoms with Gasteiger partial charge in [-0.25, -0.2) is 0 Å². The number of nitrogens with one attached hydrogen (secondary N) is 1. The lowest BCUT2D eigenvalue weighted by Gasteiger charge is -2.30. The van der Waals surface area contributed by atoms with Gasteiger partial charge >= 0.3 is 0 Å². The lowest BCUT2D eigenvalue weighted by Crippen LogP contribution is -2.40. The minimum absolute atomic E-state index is 0.0236. The second-order valence-corrected chi connectivity index (χ2v) is 8.08. The quantitative estimate of drug-likeness (QED) is 0.607. The summed E-state index contributed by atoms with van der Waals surface area (Å²) in [6.07, 6.45) is 1.75. The monoisotopic (exact) mass is 418 g/mol. The van der Waals surface area contributed by atoms with E-state index in [4.69, 9.17) is 4.52 Å². The molecule has 1 aliphatic heterocycles. The summed E-state index contributed by atoms with van der Waals surface area (Å²) in [4.78, 5) is 31.1. The second kappa shape index (κ2) is 9.22. The van der Waals surface area contributed by atoms with Crippen molar-refractivity contribution in [2.24, 2.45) is 5.92 Å². The zero-order valence-corrected chi connectivity index (χ0v) is 17.8. The molecule has 7 nitrogen and oxygen atoms in total. The van der Waals surface area contributed by atoms with E-state index in [0.717, 1.165) is 30.5 Å². The number of piperidine rings is 1. The number of amides is 1. The standard InChI is InChI=1S/C24H26N4O3/c1-16-6-3-8-19(12-16)23-26-22(31-27-23)15-28-11-5-9-20(14-28)24(30)25-21-10-4-7-18(13-21)17(2)29/h3-4,6-8,10,12-13,20H,5,9,11,14-15H2,1-2H3,(H,25,30). The predicted octanol–water partition coefficient (Wildman–Crippen LogP) is 4.10. The lowest BCUT2D eigenvalue weighted by atomic mass is 9.97. The van der Waals surface area contributed by atoms with Crippen LogP contribution in [0.15, 0.2) is 53.1 Å². The third-order valence-corrected chi connectivity index (χ3v) is 5.52. The van der Waals surface area contributed by atoms with Gasteiger partial charge in [0.2, 0.25) is 17.6 Å². The molecule has 0 aliphatic carbocycles. The van der Waals surface area contributed by atoms with Crippen LogP contribution in [0.4, 0.5) is 5.69 Å². The van der Waals surface area contributed by atoms with E-state index in [1.807, 2.05) is 31.2 Å². The number of rotatable bonds is 6. The summed E-state index contributed by atoms with van der Waals surface area (Å²) >= 11 is 0. The van der Waals surface area contributed by atoms with Crippen molar-refractivity contribution in [3.05, 3.63) is 65.5 Å². The SMILES string of the molecule is CC(=O)c1cccc(NC(=O)C2CCCN(Cc3nc(-c4cccc(C)c4)no3)C2)c1. The molecule has 1 atom stereocenters. The first-order valence-electron chi connectivity index (χ1n) is 10.5. The molecule has 3 aromatic rings. The van der Waals surface area contributed by atoms with E-state index < -0.39 is 0 Å². The van der Waals surface area contributed by atoms with Gasteiger partial charge in [-0.05, 0) is 51.4 Å². The molecule has 0 radical (unpaired) electrons. The summed E-state index contributed by atoms with van der Waals surface area (Å²) in [5.74, 6) is 0.942. The number of hydrogen-bond acceptors (Lipinski definition) is 6. The topological polar surface area (TPSA) is 88.3 Å². The molecule has 1 aliphatic rings. The molecular formula is C24H26N4O3. The van der Waals surface area contributed by atoms with Crippen molar-refractivity contribution in [3.63, 3.8) is 0 Å². The van der Waals surface area contributed by atoms with Gasteiger partial charge in [-0.3, -0.25) is 14.5 Å². The van der Waals surface area contributed by atoms with Crippen LogP contribution in [0.2, 0.25) is 0 Å². The molecule has 4 rings (SSSR count). The molecule has 0 spiro atoms. The number of nitrogens with zero attached hydrogens (tertiary/aromatic N) is 3. The fraction of sp³-hybridized carbons (Fsp3) is 0.333. The van der Waals surface area contributed by atoms with Gasteiger partial charge in [-0.2, -0.15) is 4.98 Å². The zero-order valence-electron chi connectivity index (χ0n) is 17.8. The Morgan fingerprint density at radius 2 is 2.03 bits per heavy atom. The van der Waals surface area contributed by atoms with Gasteiger partial charge in [-0.15, -0.1) is 0 Å². The summed E-state index contributed by atoms with van der Waals surface area (Å²) in [6.45, 7) is 5.57. The van der Waals surface area contributed by atoms with Crippen molar-refractivity contribution in [2.45, 2.75) is 33.2 Å². The van der Waals surface area contributed by atoms with Gasteiger partial charge in [0, 0.05) is 23.4 Å². The molecular weight excluding hydrogens is 392 g/mol. The number of carbonyl (C=O) groups excluding carboxylic acids is 2. The van der Waals surface area contributed by atoms with Crippen molar-refractivity contribution < 1.29 is 14.1 Å². The van der Waals surface area contributed by atoms with Crippen LogP contribution in [-0.4, -0.2) is 39.8 Å². The number of anilines is 1. The number of ketones is 1. The van der Waals surface area contributed by atoms with E-state index in [-0.39, 0.29) is 17.6 Å². The number of carbonyl (C=O) groups is 2. The van der Waals surface area contributed by atoms with Crippen molar-refractivity contribution in [3.8, 4) is 11.4 Å². The second-order valence-electron chi connectivity index (χ2n) is 8.08. The maximum Gasteiger partial charge on any atom is 0.241 e. The molecule has 0 bridgehead atoms. The molecule has 2 aromatic carbocycles. The molecule has 31 heavy (non-hydrogen) atoms. The molecule has 0 saturated carbocycles. The number of aryl methyl sites for hydroxylation is 1. The van der Waals surface area contributed by atoms with Crippen molar-refractivity contribution in [1.82, 2.24) is 15.0 Å². The summed E-state index contributed by atoms with van der Waals surface area (Å²) in [6, 6.07) is 15.0. The molecule has 1 aromatic heterocycles. The van der Waals surface area contributed by atoms with Gasteiger partial charge < -0.3 is 9.84 Å². The third-order valence-electron chi connectivity index (χ3n) is 5.52. The van der Waals surface area contributed by atoms with E-state index in [9.17, 15) is 9.59 Å². The van der Waals surface area contributed by atoms with Gasteiger partial charge in [0.15, 0.2) is 5.78 Å². The molecule has 1 N–H and O–H groups in total. The van der Waals surface area contributed by atoms with Crippen LogP contribution in [0.25, 0.3) is 11.4 Å². The van der Waals surface area contributed by atoms with Crippen molar-refractivity contribution in [2.75, 3.05) is 18.4 Å². The van der Waals surface area contributed by atoms with E-state index in [1.165, 1.54) is 6.92 Å². The summed E-state index contributed by atoms with van der Waals surface area (Å²) < 4.78 is 5.45. The molecule has 7 heteroatoms. The lowest BCUT2D eigenvalue weighted by molar-refractivity contribution is -0.121. The Labute approximate surface area is 181 Å². The number of likely N-dealkylation sites (tertiary alicyclic amines) is 1. The van der Waals surface area contributed by atoms with Crippen molar-refractivity contribution >= 4 is 17.4 Å². The number of aromatic nitrogens is 2. The highest BCUT2D eigenvalue weighted by atomic mass is 16.5. The third kappa shape index (κ3) is 5.24. The fourth-order valence-electron chi connectivity index (χ4n) is 3.89. The Balaban J connectivity index is 1.37.